The standard InChI is InChI=1S/C26H33N3O3/c1-3-4-5-6-7-16-32-22-14-12-20(13-15-22)24-18-28-25(29-24)21-10-8-19(9-11-21)17-23(27)26(30)31-2/h8-15,18,23H,3-7,16-17,27H2,1-2H3,(H,28,29)/t23-/m0/s1. The summed E-state index contributed by atoms with van der Waals surface area (Å²) < 4.78 is 10.5. The summed E-state index contributed by atoms with van der Waals surface area (Å²) in [6.45, 7) is 2.98. The van der Waals surface area contributed by atoms with Crippen molar-refractivity contribution in [2.75, 3.05) is 13.7 Å². The van der Waals surface area contributed by atoms with Crippen molar-refractivity contribution in [2.24, 2.45) is 5.73 Å². The number of rotatable bonds is 12. The van der Waals surface area contributed by atoms with Gasteiger partial charge in [-0.05, 0) is 42.7 Å². The van der Waals surface area contributed by atoms with Gasteiger partial charge in [0.05, 0.1) is 19.4 Å². The second-order valence-corrected chi connectivity index (χ2v) is 7.95. The van der Waals surface area contributed by atoms with Crippen molar-refractivity contribution in [2.45, 2.75) is 51.5 Å². The van der Waals surface area contributed by atoms with E-state index in [4.69, 9.17) is 15.5 Å². The van der Waals surface area contributed by atoms with Crippen LogP contribution in [0.4, 0.5) is 0 Å². The van der Waals surface area contributed by atoms with Crippen molar-refractivity contribution in [3.8, 4) is 28.4 Å². The number of benzene rings is 2. The predicted molar refractivity (Wildman–Crippen MR) is 127 cm³/mol. The van der Waals surface area contributed by atoms with Crippen LogP contribution >= 0.6 is 0 Å². The van der Waals surface area contributed by atoms with Crippen molar-refractivity contribution < 1.29 is 14.3 Å². The lowest BCUT2D eigenvalue weighted by Gasteiger charge is -2.09. The molecule has 0 spiro atoms. The highest BCUT2D eigenvalue weighted by molar-refractivity contribution is 5.75. The maximum absolute atomic E-state index is 11.5. The van der Waals surface area contributed by atoms with Gasteiger partial charge in [0.2, 0.25) is 0 Å². The van der Waals surface area contributed by atoms with Gasteiger partial charge < -0.3 is 20.2 Å². The van der Waals surface area contributed by atoms with E-state index in [1.165, 1.54) is 32.8 Å². The number of aromatic nitrogens is 2. The molecule has 0 bridgehead atoms. The predicted octanol–water partition coefficient (Wildman–Crippen LogP) is 5.14. The van der Waals surface area contributed by atoms with Gasteiger partial charge in [0.15, 0.2) is 0 Å². The summed E-state index contributed by atoms with van der Waals surface area (Å²) in [6.07, 6.45) is 8.49. The molecule has 0 aliphatic heterocycles. The Morgan fingerprint density at radius 3 is 2.38 bits per heavy atom. The number of aromatic amines is 1. The fourth-order valence-electron chi connectivity index (χ4n) is 3.52. The van der Waals surface area contributed by atoms with Gasteiger partial charge in [0.1, 0.15) is 17.6 Å². The Bertz CT molecular complexity index is 965. The molecular formula is C26H33N3O3. The van der Waals surface area contributed by atoms with Crippen LogP contribution in [0.15, 0.2) is 54.7 Å². The van der Waals surface area contributed by atoms with Crippen LogP contribution in [0.2, 0.25) is 0 Å². The van der Waals surface area contributed by atoms with Crippen LogP contribution in [0.3, 0.4) is 0 Å². The average Bonchev–Trinajstić information content (AvgIpc) is 3.32. The summed E-state index contributed by atoms with van der Waals surface area (Å²) in [5.74, 6) is 1.27. The van der Waals surface area contributed by atoms with E-state index < -0.39 is 12.0 Å². The third-order valence-electron chi connectivity index (χ3n) is 5.43. The van der Waals surface area contributed by atoms with E-state index in [1.807, 2.05) is 54.7 Å². The molecule has 0 amide bonds. The first-order valence-electron chi connectivity index (χ1n) is 11.3. The summed E-state index contributed by atoms with van der Waals surface area (Å²) in [5, 5.41) is 0. The highest BCUT2D eigenvalue weighted by Gasteiger charge is 2.14. The first-order valence-corrected chi connectivity index (χ1v) is 11.3. The van der Waals surface area contributed by atoms with Crippen LogP contribution in [0.1, 0.15) is 44.6 Å². The highest BCUT2D eigenvalue weighted by Crippen LogP contribution is 2.24. The Morgan fingerprint density at radius 2 is 1.69 bits per heavy atom. The van der Waals surface area contributed by atoms with E-state index >= 15 is 0 Å². The smallest absolute Gasteiger partial charge is 0.322 e. The van der Waals surface area contributed by atoms with Gasteiger partial charge in [-0.1, -0.05) is 56.9 Å². The number of hydrogen-bond donors (Lipinski definition) is 2. The molecule has 0 fully saturated rings. The number of nitrogens with two attached hydrogens (primary N) is 1. The van der Waals surface area contributed by atoms with Crippen molar-refractivity contribution >= 4 is 5.97 Å². The largest absolute Gasteiger partial charge is 0.494 e. The van der Waals surface area contributed by atoms with Gasteiger partial charge in [-0.15, -0.1) is 0 Å². The Labute approximate surface area is 190 Å². The minimum absolute atomic E-state index is 0.409. The zero-order chi connectivity index (χ0) is 22.8. The number of methoxy groups -OCH3 is 1. The zero-order valence-corrected chi connectivity index (χ0v) is 19.0. The molecule has 0 radical (unpaired) electrons. The molecule has 2 aromatic carbocycles. The SMILES string of the molecule is CCCCCCCOc1ccc(-c2c[nH]c(-c3ccc(C[C@H](N)C(=O)OC)cc3)n2)cc1. The van der Waals surface area contributed by atoms with Crippen LogP contribution in [0, 0.1) is 0 Å². The Balaban J connectivity index is 1.55. The molecule has 0 unspecified atom stereocenters. The minimum atomic E-state index is -0.658. The maximum Gasteiger partial charge on any atom is 0.322 e. The second kappa shape index (κ2) is 12.1. The van der Waals surface area contributed by atoms with E-state index in [9.17, 15) is 4.79 Å². The molecule has 6 heteroatoms. The van der Waals surface area contributed by atoms with E-state index in [0.717, 1.165) is 47.0 Å². The van der Waals surface area contributed by atoms with Gasteiger partial charge >= 0.3 is 5.97 Å². The molecule has 1 heterocycles. The van der Waals surface area contributed by atoms with Gasteiger partial charge in [-0.25, -0.2) is 4.98 Å². The normalized spacial score (nSPS) is 11.8. The van der Waals surface area contributed by atoms with Gasteiger partial charge in [0.25, 0.3) is 0 Å². The first-order chi connectivity index (χ1) is 15.6. The molecule has 3 rings (SSSR count). The molecule has 32 heavy (non-hydrogen) atoms. The highest BCUT2D eigenvalue weighted by atomic mass is 16.5. The third kappa shape index (κ3) is 6.69. The van der Waals surface area contributed by atoms with E-state index in [-0.39, 0.29) is 0 Å². The molecule has 0 aliphatic carbocycles. The van der Waals surface area contributed by atoms with Crippen LogP contribution in [-0.2, 0) is 16.0 Å². The lowest BCUT2D eigenvalue weighted by atomic mass is 10.0. The molecule has 170 valence electrons. The summed E-state index contributed by atoms with van der Waals surface area (Å²) in [5.41, 5.74) is 9.68. The Kier molecular flexibility index (Phi) is 8.87. The van der Waals surface area contributed by atoms with Crippen molar-refractivity contribution in [1.82, 2.24) is 9.97 Å². The molecule has 3 aromatic rings. The number of unbranched alkanes of at least 4 members (excludes halogenated alkanes) is 4. The van der Waals surface area contributed by atoms with Gasteiger partial charge in [-0.3, -0.25) is 4.79 Å². The maximum atomic E-state index is 11.5. The molecule has 1 aromatic heterocycles. The fourth-order valence-corrected chi connectivity index (χ4v) is 3.52. The number of ether oxygens (including phenoxy) is 2. The van der Waals surface area contributed by atoms with Crippen LogP contribution < -0.4 is 10.5 Å². The van der Waals surface area contributed by atoms with Gasteiger partial charge in [-0.2, -0.15) is 0 Å². The monoisotopic (exact) mass is 435 g/mol. The third-order valence-corrected chi connectivity index (χ3v) is 5.43. The van der Waals surface area contributed by atoms with E-state index in [0.29, 0.717) is 6.42 Å². The van der Waals surface area contributed by atoms with E-state index in [2.05, 4.69) is 16.6 Å². The minimum Gasteiger partial charge on any atom is -0.494 e. The molecule has 3 N–H and O–H groups in total. The Morgan fingerprint density at radius 1 is 1.00 bits per heavy atom. The van der Waals surface area contributed by atoms with E-state index in [1.54, 1.807) is 0 Å². The number of imidazole rings is 1. The molecule has 1 atom stereocenters. The summed E-state index contributed by atoms with van der Waals surface area (Å²) in [7, 11) is 1.34. The number of carbonyl (C=O) groups is 1. The summed E-state index contributed by atoms with van der Waals surface area (Å²) >= 11 is 0. The molecule has 6 nitrogen and oxygen atoms in total. The lowest BCUT2D eigenvalue weighted by Crippen LogP contribution is -2.33. The van der Waals surface area contributed by atoms with Gasteiger partial charge in [0, 0.05) is 17.3 Å². The van der Waals surface area contributed by atoms with Crippen LogP contribution in [-0.4, -0.2) is 35.7 Å². The van der Waals surface area contributed by atoms with Crippen molar-refractivity contribution in [3.05, 3.63) is 60.3 Å². The number of nitrogens with zero attached hydrogens (tertiary/aromatic N) is 1. The quantitative estimate of drug-likeness (QED) is 0.304. The number of nitrogens with one attached hydrogen (secondary N) is 1. The number of hydrogen-bond acceptors (Lipinski definition) is 5. The number of H-pyrrole nitrogens is 1. The Hall–Kier alpha value is -3.12. The number of carbonyl (C=O) groups excluding carboxylic acids is 1. The summed E-state index contributed by atoms with van der Waals surface area (Å²) in [6, 6.07) is 15.2. The van der Waals surface area contributed by atoms with Crippen molar-refractivity contribution in [3.63, 3.8) is 0 Å². The lowest BCUT2D eigenvalue weighted by molar-refractivity contribution is -0.142. The molecule has 0 saturated heterocycles. The molecular weight excluding hydrogens is 402 g/mol. The zero-order valence-electron chi connectivity index (χ0n) is 19.0. The fraction of sp³-hybridized carbons (Fsp3) is 0.385. The molecule has 0 aliphatic rings. The second-order valence-electron chi connectivity index (χ2n) is 7.95. The summed E-state index contributed by atoms with van der Waals surface area (Å²) in [4.78, 5) is 19.5. The topological polar surface area (TPSA) is 90.2 Å². The first kappa shape index (κ1) is 23.5. The van der Waals surface area contributed by atoms with Crippen molar-refractivity contribution in [1.29, 1.82) is 0 Å². The van der Waals surface area contributed by atoms with Crippen LogP contribution in [0.5, 0.6) is 5.75 Å². The average molecular weight is 436 g/mol. The number of esters is 1. The van der Waals surface area contributed by atoms with Crippen LogP contribution in [0.25, 0.3) is 22.6 Å². The molecule has 0 saturated carbocycles.